The minimum Gasteiger partial charge on any atom is -0.307 e. The Kier molecular flexibility index (Phi) is 4.43. The average Bonchev–Trinajstić information content (AvgIpc) is 2.31. The van der Waals surface area contributed by atoms with E-state index in [4.69, 9.17) is 0 Å². The van der Waals surface area contributed by atoms with E-state index in [2.05, 4.69) is 19.2 Å². The van der Waals surface area contributed by atoms with Gasteiger partial charge >= 0.3 is 6.18 Å². The number of hydrogen-bond donors (Lipinski definition) is 1. The quantitative estimate of drug-likeness (QED) is 0.838. The van der Waals surface area contributed by atoms with Gasteiger partial charge in [0, 0.05) is 12.1 Å². The molecule has 2 rings (SSSR count). The zero-order chi connectivity index (χ0) is 14.9. The van der Waals surface area contributed by atoms with Gasteiger partial charge in [-0.1, -0.05) is 26.0 Å². The second-order valence-corrected chi connectivity index (χ2v) is 6.18. The molecule has 0 radical (unpaired) electrons. The van der Waals surface area contributed by atoms with Gasteiger partial charge in [-0.25, -0.2) is 0 Å². The second kappa shape index (κ2) is 5.76. The Labute approximate surface area is 118 Å². The summed E-state index contributed by atoms with van der Waals surface area (Å²) in [6.45, 7) is 6.48. The van der Waals surface area contributed by atoms with E-state index in [-0.39, 0.29) is 6.04 Å². The Bertz CT molecular complexity index is 430. The molecule has 1 N–H and O–H groups in total. The second-order valence-electron chi connectivity index (χ2n) is 6.18. The number of benzene rings is 1. The summed E-state index contributed by atoms with van der Waals surface area (Å²) in [5.41, 5.74) is 0.322. The molecule has 20 heavy (non-hydrogen) atoms. The molecule has 112 valence electrons. The van der Waals surface area contributed by atoms with Crippen LogP contribution in [0.2, 0.25) is 0 Å². The number of hydrogen-bond acceptors (Lipinski definition) is 1. The lowest BCUT2D eigenvalue weighted by molar-refractivity contribution is -0.137. The first-order valence-electron chi connectivity index (χ1n) is 7.20. The Morgan fingerprint density at radius 3 is 2.05 bits per heavy atom. The van der Waals surface area contributed by atoms with E-state index in [0.29, 0.717) is 6.04 Å². The topological polar surface area (TPSA) is 12.0 Å². The van der Waals surface area contributed by atoms with Crippen LogP contribution in [0.5, 0.6) is 0 Å². The molecule has 0 amide bonds. The summed E-state index contributed by atoms with van der Waals surface area (Å²) in [7, 11) is 0. The minimum absolute atomic E-state index is 0.0930. The van der Waals surface area contributed by atoms with Crippen molar-refractivity contribution >= 4 is 0 Å². The summed E-state index contributed by atoms with van der Waals surface area (Å²) >= 11 is 0. The van der Waals surface area contributed by atoms with Crippen LogP contribution >= 0.6 is 0 Å². The molecule has 1 aromatic rings. The van der Waals surface area contributed by atoms with Crippen molar-refractivity contribution in [3.8, 4) is 0 Å². The van der Waals surface area contributed by atoms with Crippen molar-refractivity contribution in [1.29, 1.82) is 0 Å². The van der Waals surface area contributed by atoms with Crippen LogP contribution in [0.25, 0.3) is 0 Å². The van der Waals surface area contributed by atoms with Crippen LogP contribution < -0.4 is 5.32 Å². The van der Waals surface area contributed by atoms with Gasteiger partial charge in [0.2, 0.25) is 0 Å². The fourth-order valence-corrected chi connectivity index (χ4v) is 2.75. The first-order valence-corrected chi connectivity index (χ1v) is 7.20. The number of nitrogens with one attached hydrogen (secondary N) is 1. The van der Waals surface area contributed by atoms with Gasteiger partial charge in [0.25, 0.3) is 0 Å². The summed E-state index contributed by atoms with van der Waals surface area (Å²) in [4.78, 5) is 0. The average molecular weight is 285 g/mol. The van der Waals surface area contributed by atoms with Crippen molar-refractivity contribution in [2.75, 3.05) is 0 Å². The molecule has 0 saturated heterocycles. The number of alkyl halides is 3. The van der Waals surface area contributed by atoms with Gasteiger partial charge in [-0.15, -0.1) is 0 Å². The fourth-order valence-electron chi connectivity index (χ4n) is 2.75. The normalized spacial score (nSPS) is 24.6. The van der Waals surface area contributed by atoms with E-state index in [9.17, 15) is 13.2 Å². The molecule has 1 aliphatic rings. The van der Waals surface area contributed by atoms with Crippen molar-refractivity contribution in [3.05, 3.63) is 35.4 Å². The van der Waals surface area contributed by atoms with Crippen LogP contribution in [-0.4, -0.2) is 6.04 Å². The monoisotopic (exact) mass is 285 g/mol. The van der Waals surface area contributed by atoms with Crippen LogP contribution in [0.4, 0.5) is 13.2 Å². The first kappa shape index (κ1) is 15.4. The Balaban J connectivity index is 1.89. The van der Waals surface area contributed by atoms with Gasteiger partial charge in [0.15, 0.2) is 0 Å². The molecule has 0 aliphatic heterocycles. The van der Waals surface area contributed by atoms with Gasteiger partial charge in [-0.05, 0) is 49.3 Å². The highest BCUT2D eigenvalue weighted by Crippen LogP contribution is 2.35. The molecule has 1 nitrogen and oxygen atoms in total. The third-order valence-electron chi connectivity index (χ3n) is 4.34. The summed E-state index contributed by atoms with van der Waals surface area (Å²) in [6, 6.07) is 6.05. The molecular formula is C16H22F3N. The first-order chi connectivity index (χ1) is 9.27. The SMILES string of the molecule is CC(NC1CC(C(C)C)C1)c1ccc(C(F)(F)F)cc1. The largest absolute Gasteiger partial charge is 0.416 e. The van der Waals surface area contributed by atoms with E-state index < -0.39 is 11.7 Å². The van der Waals surface area contributed by atoms with Crippen LogP contribution in [-0.2, 0) is 6.18 Å². The summed E-state index contributed by atoms with van der Waals surface area (Å²) in [6.07, 6.45) is -1.92. The van der Waals surface area contributed by atoms with Gasteiger partial charge in [-0.2, -0.15) is 13.2 Å². The molecule has 0 aromatic heterocycles. The maximum Gasteiger partial charge on any atom is 0.416 e. The zero-order valence-corrected chi connectivity index (χ0v) is 12.2. The van der Waals surface area contributed by atoms with Crippen molar-refractivity contribution in [1.82, 2.24) is 5.32 Å². The highest BCUT2D eigenvalue weighted by molar-refractivity contribution is 5.26. The predicted octanol–water partition coefficient (Wildman–Crippen LogP) is 4.79. The molecule has 1 fully saturated rings. The van der Waals surface area contributed by atoms with Crippen LogP contribution in [0.1, 0.15) is 50.8 Å². The molecule has 0 bridgehead atoms. The zero-order valence-electron chi connectivity index (χ0n) is 12.2. The smallest absolute Gasteiger partial charge is 0.307 e. The van der Waals surface area contributed by atoms with E-state index >= 15 is 0 Å². The third kappa shape index (κ3) is 3.54. The lowest BCUT2D eigenvalue weighted by Gasteiger charge is -2.40. The van der Waals surface area contributed by atoms with Crippen LogP contribution in [0, 0.1) is 11.8 Å². The number of rotatable bonds is 4. The molecule has 0 heterocycles. The van der Waals surface area contributed by atoms with Crippen LogP contribution in [0.15, 0.2) is 24.3 Å². The van der Waals surface area contributed by atoms with E-state index in [1.54, 1.807) is 12.1 Å². The molecule has 1 unspecified atom stereocenters. The maximum atomic E-state index is 12.5. The summed E-state index contributed by atoms with van der Waals surface area (Å²) in [5, 5.41) is 3.49. The van der Waals surface area contributed by atoms with E-state index in [1.165, 1.54) is 12.8 Å². The van der Waals surface area contributed by atoms with Gasteiger partial charge in [0.1, 0.15) is 0 Å². The predicted molar refractivity (Wildman–Crippen MR) is 74.3 cm³/mol. The molecule has 0 spiro atoms. The molecule has 1 atom stereocenters. The van der Waals surface area contributed by atoms with Crippen molar-refractivity contribution in [2.24, 2.45) is 11.8 Å². The van der Waals surface area contributed by atoms with Crippen molar-refractivity contribution in [3.63, 3.8) is 0 Å². The lowest BCUT2D eigenvalue weighted by Crippen LogP contribution is -2.43. The lowest BCUT2D eigenvalue weighted by atomic mass is 9.73. The summed E-state index contributed by atoms with van der Waals surface area (Å²) in [5.74, 6) is 1.50. The van der Waals surface area contributed by atoms with E-state index in [1.807, 2.05) is 6.92 Å². The molecule has 1 aromatic carbocycles. The van der Waals surface area contributed by atoms with Gasteiger partial charge in [-0.3, -0.25) is 0 Å². The van der Waals surface area contributed by atoms with Gasteiger partial charge < -0.3 is 5.32 Å². The maximum absolute atomic E-state index is 12.5. The highest BCUT2D eigenvalue weighted by atomic mass is 19.4. The third-order valence-corrected chi connectivity index (χ3v) is 4.34. The standard InChI is InChI=1S/C16H22F3N/c1-10(2)13-8-15(9-13)20-11(3)12-4-6-14(7-5-12)16(17,18)19/h4-7,10-11,13,15,20H,8-9H2,1-3H3. The molecule has 1 saturated carbocycles. The molecular weight excluding hydrogens is 263 g/mol. The Morgan fingerprint density at radius 2 is 1.60 bits per heavy atom. The van der Waals surface area contributed by atoms with Crippen molar-refractivity contribution in [2.45, 2.75) is 51.9 Å². The number of halogens is 3. The molecule has 1 aliphatic carbocycles. The molecule has 4 heteroatoms. The van der Waals surface area contributed by atoms with Crippen molar-refractivity contribution < 1.29 is 13.2 Å². The Hall–Kier alpha value is -1.03. The van der Waals surface area contributed by atoms with Crippen LogP contribution in [0.3, 0.4) is 0 Å². The Morgan fingerprint density at radius 1 is 1.05 bits per heavy atom. The minimum atomic E-state index is -4.26. The highest BCUT2D eigenvalue weighted by Gasteiger charge is 2.32. The fraction of sp³-hybridized carbons (Fsp3) is 0.625. The van der Waals surface area contributed by atoms with E-state index in [0.717, 1.165) is 29.5 Å². The van der Waals surface area contributed by atoms with Gasteiger partial charge in [0.05, 0.1) is 5.56 Å². The summed E-state index contributed by atoms with van der Waals surface area (Å²) < 4.78 is 37.5.